The normalized spacial score (nSPS) is 12.8. The Bertz CT molecular complexity index is 656. The summed E-state index contributed by atoms with van der Waals surface area (Å²) >= 11 is 3.45. The topological polar surface area (TPSA) is 24.9 Å². The number of aromatic nitrogens is 1. The van der Waals surface area contributed by atoms with Crippen molar-refractivity contribution < 1.29 is 0 Å². The lowest BCUT2D eigenvalue weighted by Gasteiger charge is -2.10. The van der Waals surface area contributed by atoms with Gasteiger partial charge in [-0.05, 0) is 47.9 Å². The minimum atomic E-state index is 0.303. The van der Waals surface area contributed by atoms with Gasteiger partial charge in [0.05, 0.1) is 16.3 Å². The summed E-state index contributed by atoms with van der Waals surface area (Å²) in [7, 11) is 0. The van der Waals surface area contributed by atoms with Gasteiger partial charge >= 0.3 is 0 Å². The highest BCUT2D eigenvalue weighted by molar-refractivity contribution is 7.22. The number of hydrogen-bond donors (Lipinski definition) is 1. The molecule has 0 aliphatic heterocycles. The SMILES string of the molecule is Cc1cccc2sc(NC(C)c3ccsc3)nc12. The zero-order valence-corrected chi connectivity index (χ0v) is 11.9. The zero-order valence-electron chi connectivity index (χ0n) is 10.3. The average Bonchev–Trinajstić information content (AvgIpc) is 2.97. The van der Waals surface area contributed by atoms with Crippen molar-refractivity contribution in [2.75, 3.05) is 5.32 Å². The van der Waals surface area contributed by atoms with Gasteiger partial charge in [-0.15, -0.1) is 0 Å². The largest absolute Gasteiger partial charge is 0.355 e. The molecule has 1 N–H and O–H groups in total. The van der Waals surface area contributed by atoms with Crippen molar-refractivity contribution in [3.63, 3.8) is 0 Å². The molecular formula is C14H14N2S2. The Morgan fingerprint density at radius 3 is 2.89 bits per heavy atom. The fraction of sp³-hybridized carbons (Fsp3) is 0.214. The van der Waals surface area contributed by atoms with Gasteiger partial charge in [0.15, 0.2) is 5.13 Å². The lowest BCUT2D eigenvalue weighted by atomic mass is 10.2. The maximum atomic E-state index is 4.67. The molecule has 0 saturated heterocycles. The van der Waals surface area contributed by atoms with Crippen molar-refractivity contribution in [2.24, 2.45) is 0 Å². The Morgan fingerprint density at radius 1 is 1.28 bits per heavy atom. The minimum absolute atomic E-state index is 0.303. The van der Waals surface area contributed by atoms with Crippen molar-refractivity contribution in [3.8, 4) is 0 Å². The van der Waals surface area contributed by atoms with Gasteiger partial charge in [-0.1, -0.05) is 23.5 Å². The predicted octanol–water partition coefficient (Wildman–Crippen LogP) is 4.84. The first-order valence-electron chi connectivity index (χ1n) is 5.89. The maximum absolute atomic E-state index is 4.67. The number of thiophene rings is 1. The molecule has 0 bridgehead atoms. The van der Waals surface area contributed by atoms with Crippen LogP contribution in [0, 0.1) is 6.92 Å². The van der Waals surface area contributed by atoms with Crippen LogP contribution in [0.25, 0.3) is 10.2 Å². The lowest BCUT2D eigenvalue weighted by Crippen LogP contribution is -2.04. The van der Waals surface area contributed by atoms with Gasteiger partial charge in [-0.25, -0.2) is 4.98 Å². The molecule has 2 heterocycles. The Balaban J connectivity index is 1.89. The van der Waals surface area contributed by atoms with Crippen LogP contribution in [0.3, 0.4) is 0 Å². The second-order valence-corrected chi connectivity index (χ2v) is 6.17. The third kappa shape index (κ3) is 2.13. The highest BCUT2D eigenvalue weighted by atomic mass is 32.1. The van der Waals surface area contributed by atoms with Gasteiger partial charge in [0.25, 0.3) is 0 Å². The van der Waals surface area contributed by atoms with Gasteiger partial charge in [-0.3, -0.25) is 0 Å². The molecule has 0 aliphatic rings. The number of aryl methyl sites for hydroxylation is 1. The molecule has 3 aromatic rings. The monoisotopic (exact) mass is 274 g/mol. The Morgan fingerprint density at radius 2 is 2.17 bits per heavy atom. The predicted molar refractivity (Wildman–Crippen MR) is 80.7 cm³/mol. The highest BCUT2D eigenvalue weighted by Gasteiger charge is 2.10. The number of nitrogens with zero attached hydrogens (tertiary/aromatic N) is 1. The fourth-order valence-electron chi connectivity index (χ4n) is 1.94. The van der Waals surface area contributed by atoms with E-state index in [1.807, 2.05) is 0 Å². The molecule has 1 atom stereocenters. The van der Waals surface area contributed by atoms with E-state index in [1.165, 1.54) is 15.8 Å². The van der Waals surface area contributed by atoms with E-state index < -0.39 is 0 Å². The third-order valence-electron chi connectivity index (χ3n) is 3.00. The fourth-order valence-corrected chi connectivity index (χ4v) is 3.72. The molecule has 0 fully saturated rings. The van der Waals surface area contributed by atoms with Crippen molar-refractivity contribution in [1.29, 1.82) is 0 Å². The van der Waals surface area contributed by atoms with Crippen LogP contribution in [-0.2, 0) is 0 Å². The van der Waals surface area contributed by atoms with Crippen LogP contribution in [-0.4, -0.2) is 4.98 Å². The van der Waals surface area contributed by atoms with E-state index >= 15 is 0 Å². The summed E-state index contributed by atoms with van der Waals surface area (Å²) in [5.74, 6) is 0. The summed E-state index contributed by atoms with van der Waals surface area (Å²) in [5.41, 5.74) is 3.67. The molecule has 4 heteroatoms. The van der Waals surface area contributed by atoms with Crippen LogP contribution in [0.4, 0.5) is 5.13 Å². The number of thiazole rings is 1. The average molecular weight is 274 g/mol. The minimum Gasteiger partial charge on any atom is -0.355 e. The van der Waals surface area contributed by atoms with Gasteiger partial charge in [0.1, 0.15) is 0 Å². The van der Waals surface area contributed by atoms with Crippen LogP contribution in [0.15, 0.2) is 35.0 Å². The molecule has 0 saturated carbocycles. The standard InChI is InChI=1S/C14H14N2S2/c1-9-4-3-5-12-13(9)16-14(18-12)15-10(2)11-6-7-17-8-11/h3-8,10H,1-2H3,(H,15,16). The van der Waals surface area contributed by atoms with E-state index in [0.29, 0.717) is 6.04 Å². The lowest BCUT2D eigenvalue weighted by molar-refractivity contribution is 0.888. The summed E-state index contributed by atoms with van der Waals surface area (Å²) in [5, 5.41) is 8.76. The molecule has 2 nitrogen and oxygen atoms in total. The zero-order chi connectivity index (χ0) is 12.5. The molecule has 0 amide bonds. The smallest absolute Gasteiger partial charge is 0.184 e. The number of benzene rings is 1. The van der Waals surface area contributed by atoms with Gasteiger partial charge in [-0.2, -0.15) is 11.3 Å². The van der Waals surface area contributed by atoms with Gasteiger partial charge in [0, 0.05) is 0 Å². The Labute approximate surface area is 114 Å². The molecule has 92 valence electrons. The molecule has 1 unspecified atom stereocenters. The Kier molecular flexibility index (Phi) is 3.06. The van der Waals surface area contributed by atoms with Crippen LogP contribution in [0.5, 0.6) is 0 Å². The molecule has 2 aromatic heterocycles. The first-order valence-corrected chi connectivity index (χ1v) is 7.65. The van der Waals surface area contributed by atoms with Crippen LogP contribution < -0.4 is 5.32 Å². The summed E-state index contributed by atoms with van der Waals surface area (Å²) in [6.45, 7) is 4.27. The summed E-state index contributed by atoms with van der Waals surface area (Å²) < 4.78 is 1.25. The van der Waals surface area contributed by atoms with Crippen molar-refractivity contribution in [2.45, 2.75) is 19.9 Å². The van der Waals surface area contributed by atoms with Crippen LogP contribution in [0.2, 0.25) is 0 Å². The van der Waals surface area contributed by atoms with E-state index in [0.717, 1.165) is 10.6 Å². The van der Waals surface area contributed by atoms with E-state index in [-0.39, 0.29) is 0 Å². The molecule has 0 aliphatic carbocycles. The van der Waals surface area contributed by atoms with Gasteiger partial charge < -0.3 is 5.32 Å². The van der Waals surface area contributed by atoms with Gasteiger partial charge in [0.2, 0.25) is 0 Å². The van der Waals surface area contributed by atoms with Crippen LogP contribution in [0.1, 0.15) is 24.1 Å². The number of anilines is 1. The summed E-state index contributed by atoms with van der Waals surface area (Å²) in [4.78, 5) is 4.67. The van der Waals surface area contributed by atoms with Crippen molar-refractivity contribution in [1.82, 2.24) is 4.98 Å². The number of fused-ring (bicyclic) bond motifs is 1. The summed E-state index contributed by atoms with van der Waals surface area (Å²) in [6.07, 6.45) is 0. The molecule has 1 aromatic carbocycles. The number of para-hydroxylation sites is 1. The number of nitrogens with one attached hydrogen (secondary N) is 1. The van der Waals surface area contributed by atoms with Crippen molar-refractivity contribution >= 4 is 38.0 Å². The summed E-state index contributed by atoms with van der Waals surface area (Å²) in [6, 6.07) is 8.77. The third-order valence-corrected chi connectivity index (χ3v) is 4.66. The molecule has 0 spiro atoms. The maximum Gasteiger partial charge on any atom is 0.184 e. The molecule has 18 heavy (non-hydrogen) atoms. The molecule has 0 radical (unpaired) electrons. The van der Waals surface area contributed by atoms with E-state index in [9.17, 15) is 0 Å². The second kappa shape index (κ2) is 4.71. The second-order valence-electron chi connectivity index (χ2n) is 4.36. The first kappa shape index (κ1) is 11.7. The highest BCUT2D eigenvalue weighted by Crippen LogP contribution is 2.30. The molecule has 3 rings (SSSR count). The number of rotatable bonds is 3. The number of hydrogen-bond acceptors (Lipinski definition) is 4. The molecular weight excluding hydrogens is 260 g/mol. The van der Waals surface area contributed by atoms with E-state index in [2.05, 4.69) is 59.2 Å². The Hall–Kier alpha value is -1.39. The first-order chi connectivity index (χ1) is 8.74. The van der Waals surface area contributed by atoms with E-state index in [1.54, 1.807) is 22.7 Å². The van der Waals surface area contributed by atoms with Crippen LogP contribution >= 0.6 is 22.7 Å². The quantitative estimate of drug-likeness (QED) is 0.739. The van der Waals surface area contributed by atoms with Crippen molar-refractivity contribution in [3.05, 3.63) is 46.2 Å². The van der Waals surface area contributed by atoms with E-state index in [4.69, 9.17) is 0 Å².